The molecule has 0 aromatic heterocycles. The number of likely N-dealkylation sites (tertiary alicyclic amines) is 1. The van der Waals surface area contributed by atoms with E-state index in [4.69, 9.17) is 0 Å². The van der Waals surface area contributed by atoms with Crippen LogP contribution < -0.4 is 0 Å². The topological polar surface area (TPSA) is 101 Å². The lowest BCUT2D eigenvalue weighted by Gasteiger charge is -2.36. The monoisotopic (exact) mass is 317 g/mol. The molecular weight excluding hydrogens is 298 g/mol. The minimum absolute atomic E-state index is 0.0631. The van der Waals surface area contributed by atoms with E-state index in [2.05, 4.69) is 4.74 Å². The van der Waals surface area contributed by atoms with Crippen molar-refractivity contribution >= 4 is 34.7 Å². The van der Waals surface area contributed by atoms with Crippen LogP contribution in [0.5, 0.6) is 0 Å². The van der Waals surface area contributed by atoms with Crippen LogP contribution in [0.3, 0.4) is 0 Å². The molecule has 1 saturated heterocycles. The molecule has 1 fully saturated rings. The van der Waals surface area contributed by atoms with Gasteiger partial charge in [-0.25, -0.2) is 4.79 Å². The molecule has 118 valence electrons. The minimum atomic E-state index is -1.13. The van der Waals surface area contributed by atoms with Crippen molar-refractivity contribution in [1.29, 1.82) is 0 Å². The summed E-state index contributed by atoms with van der Waals surface area (Å²) in [4.78, 5) is 47.0. The van der Waals surface area contributed by atoms with Gasteiger partial charge in [0.15, 0.2) is 5.12 Å². The van der Waals surface area contributed by atoms with E-state index < -0.39 is 23.9 Å². The minimum Gasteiger partial charge on any atom is -0.480 e. The average molecular weight is 317 g/mol. The van der Waals surface area contributed by atoms with Crippen LogP contribution in [-0.2, 0) is 23.9 Å². The summed E-state index contributed by atoms with van der Waals surface area (Å²) in [5, 5.41) is 9.16. The lowest BCUT2D eigenvalue weighted by molar-refractivity contribution is -0.158. The summed E-state index contributed by atoms with van der Waals surface area (Å²) in [7, 11) is 1.26. The molecule has 1 N–H and O–H groups in total. The van der Waals surface area contributed by atoms with Crippen LogP contribution in [0.1, 0.15) is 26.2 Å². The van der Waals surface area contributed by atoms with Gasteiger partial charge >= 0.3 is 11.9 Å². The van der Waals surface area contributed by atoms with Crippen LogP contribution in [0, 0.1) is 5.92 Å². The summed E-state index contributed by atoms with van der Waals surface area (Å²) in [6.07, 6.45) is 0.562. The van der Waals surface area contributed by atoms with Crippen molar-refractivity contribution in [2.45, 2.75) is 32.2 Å². The van der Waals surface area contributed by atoms with E-state index in [0.717, 1.165) is 11.8 Å². The van der Waals surface area contributed by atoms with E-state index in [1.54, 1.807) is 0 Å². The number of hydrogen-bond acceptors (Lipinski definition) is 6. The normalized spacial score (nSPS) is 21.7. The zero-order chi connectivity index (χ0) is 16.0. The molecule has 21 heavy (non-hydrogen) atoms. The standard InChI is InChI=1S/C13H19NO6S/c1-8(15)21-6-4-11(16)14-5-3-9(13(19)20-2)7-10(14)12(17)18/h9-10H,3-7H2,1-2H3,(H,17,18). The van der Waals surface area contributed by atoms with Crippen molar-refractivity contribution in [3.05, 3.63) is 0 Å². The number of amides is 1. The second-order valence-corrected chi connectivity index (χ2v) is 6.05. The number of methoxy groups -OCH3 is 1. The van der Waals surface area contributed by atoms with E-state index in [9.17, 15) is 24.3 Å². The molecule has 1 aliphatic heterocycles. The highest BCUT2D eigenvalue weighted by Crippen LogP contribution is 2.25. The Bertz CT molecular complexity index is 438. The number of rotatable bonds is 5. The maximum atomic E-state index is 12.1. The highest BCUT2D eigenvalue weighted by atomic mass is 32.2. The number of hydrogen-bond donors (Lipinski definition) is 1. The first kappa shape index (κ1) is 17.5. The fourth-order valence-corrected chi connectivity index (χ4v) is 2.87. The molecule has 1 aliphatic rings. The molecule has 0 spiro atoms. The molecule has 0 saturated carbocycles. The van der Waals surface area contributed by atoms with E-state index in [1.807, 2.05) is 0 Å². The van der Waals surface area contributed by atoms with Crippen LogP contribution in [0.15, 0.2) is 0 Å². The van der Waals surface area contributed by atoms with Gasteiger partial charge in [-0.1, -0.05) is 11.8 Å². The molecule has 0 radical (unpaired) electrons. The predicted molar refractivity (Wildman–Crippen MR) is 75.6 cm³/mol. The molecular formula is C13H19NO6S. The number of piperidine rings is 1. The maximum Gasteiger partial charge on any atom is 0.326 e. The Morgan fingerprint density at radius 2 is 2.00 bits per heavy atom. The van der Waals surface area contributed by atoms with E-state index >= 15 is 0 Å². The lowest BCUT2D eigenvalue weighted by atomic mass is 9.90. The highest BCUT2D eigenvalue weighted by molar-refractivity contribution is 8.13. The van der Waals surface area contributed by atoms with Gasteiger partial charge in [0.25, 0.3) is 0 Å². The molecule has 2 unspecified atom stereocenters. The first-order chi connectivity index (χ1) is 9.86. The summed E-state index contributed by atoms with van der Waals surface area (Å²) in [6.45, 7) is 1.62. The van der Waals surface area contributed by atoms with Crippen molar-refractivity contribution in [3.63, 3.8) is 0 Å². The fraction of sp³-hybridized carbons (Fsp3) is 0.692. The number of ether oxygens (including phenoxy) is 1. The first-order valence-electron chi connectivity index (χ1n) is 6.60. The third-order valence-electron chi connectivity index (χ3n) is 3.36. The smallest absolute Gasteiger partial charge is 0.326 e. The number of carbonyl (C=O) groups is 4. The van der Waals surface area contributed by atoms with Crippen molar-refractivity contribution in [3.8, 4) is 0 Å². The number of aliphatic carboxylic acids is 1. The quantitative estimate of drug-likeness (QED) is 0.738. The third kappa shape index (κ3) is 5.04. The average Bonchev–Trinajstić information content (AvgIpc) is 2.45. The number of nitrogens with zero attached hydrogens (tertiary/aromatic N) is 1. The van der Waals surface area contributed by atoms with Crippen LogP contribution >= 0.6 is 11.8 Å². The number of thioether (sulfide) groups is 1. The summed E-state index contributed by atoms with van der Waals surface area (Å²) < 4.78 is 4.63. The van der Waals surface area contributed by atoms with Gasteiger partial charge < -0.3 is 14.7 Å². The molecule has 1 heterocycles. The number of carbonyl (C=O) groups excluding carboxylic acids is 3. The number of carboxylic acid groups (broad SMARTS) is 1. The van der Waals surface area contributed by atoms with Gasteiger partial charge in [0.05, 0.1) is 13.0 Å². The van der Waals surface area contributed by atoms with Crippen LogP contribution in [-0.4, -0.2) is 58.4 Å². The van der Waals surface area contributed by atoms with E-state index in [-0.39, 0.29) is 30.4 Å². The van der Waals surface area contributed by atoms with Crippen molar-refractivity contribution in [1.82, 2.24) is 4.90 Å². The Hall–Kier alpha value is -1.57. The summed E-state index contributed by atoms with van der Waals surface area (Å²) >= 11 is 1.03. The van der Waals surface area contributed by atoms with Gasteiger partial charge in [0, 0.05) is 25.6 Å². The Balaban J connectivity index is 2.65. The van der Waals surface area contributed by atoms with Gasteiger partial charge in [-0.05, 0) is 12.8 Å². The predicted octanol–water partition coefficient (Wildman–Crippen LogP) is 0.521. The Morgan fingerprint density at radius 3 is 2.52 bits per heavy atom. The van der Waals surface area contributed by atoms with Gasteiger partial charge in [0.2, 0.25) is 5.91 Å². The summed E-state index contributed by atoms with van der Waals surface area (Å²) in [6, 6.07) is -1.02. The molecule has 0 aromatic rings. The van der Waals surface area contributed by atoms with Gasteiger partial charge in [0.1, 0.15) is 6.04 Å². The van der Waals surface area contributed by atoms with Gasteiger partial charge in [-0.3, -0.25) is 14.4 Å². The first-order valence-corrected chi connectivity index (χ1v) is 7.58. The molecule has 0 bridgehead atoms. The lowest BCUT2D eigenvalue weighted by Crippen LogP contribution is -2.51. The highest BCUT2D eigenvalue weighted by Gasteiger charge is 2.38. The van der Waals surface area contributed by atoms with Gasteiger partial charge in [-0.15, -0.1) is 0 Å². The second-order valence-electron chi connectivity index (χ2n) is 4.78. The summed E-state index contributed by atoms with van der Waals surface area (Å²) in [5.74, 6) is -2.04. The van der Waals surface area contributed by atoms with Crippen LogP contribution in [0.2, 0.25) is 0 Å². The van der Waals surface area contributed by atoms with Crippen molar-refractivity contribution in [2.24, 2.45) is 5.92 Å². The van der Waals surface area contributed by atoms with Gasteiger partial charge in [-0.2, -0.15) is 0 Å². The molecule has 1 amide bonds. The van der Waals surface area contributed by atoms with Crippen LogP contribution in [0.4, 0.5) is 0 Å². The van der Waals surface area contributed by atoms with E-state index in [1.165, 1.54) is 18.9 Å². The Kier molecular flexibility index (Phi) is 6.67. The molecule has 1 rings (SSSR count). The number of esters is 1. The Morgan fingerprint density at radius 1 is 1.33 bits per heavy atom. The Labute approximate surface area is 127 Å². The largest absolute Gasteiger partial charge is 0.480 e. The molecule has 0 aliphatic carbocycles. The molecule has 7 nitrogen and oxygen atoms in total. The molecule has 8 heteroatoms. The van der Waals surface area contributed by atoms with Crippen LogP contribution in [0.25, 0.3) is 0 Å². The zero-order valence-electron chi connectivity index (χ0n) is 12.0. The molecule has 0 aromatic carbocycles. The zero-order valence-corrected chi connectivity index (χ0v) is 12.9. The SMILES string of the molecule is COC(=O)C1CCN(C(=O)CCSC(C)=O)C(C(=O)O)C1. The van der Waals surface area contributed by atoms with Crippen molar-refractivity contribution < 1.29 is 29.0 Å². The number of carboxylic acids is 1. The molecule has 2 atom stereocenters. The maximum absolute atomic E-state index is 12.1. The summed E-state index contributed by atoms with van der Waals surface area (Å²) in [5.41, 5.74) is 0. The third-order valence-corrected chi connectivity index (χ3v) is 4.18. The fourth-order valence-electron chi connectivity index (χ4n) is 2.30. The second kappa shape index (κ2) is 8.02. The van der Waals surface area contributed by atoms with Crippen molar-refractivity contribution in [2.75, 3.05) is 19.4 Å². The van der Waals surface area contributed by atoms with E-state index in [0.29, 0.717) is 12.2 Å².